The first kappa shape index (κ1) is 17.2. The van der Waals surface area contributed by atoms with Gasteiger partial charge in [0, 0.05) is 32.3 Å². The quantitative estimate of drug-likeness (QED) is 0.884. The van der Waals surface area contributed by atoms with E-state index >= 15 is 0 Å². The summed E-state index contributed by atoms with van der Waals surface area (Å²) in [5, 5.41) is 12.7. The highest BCUT2D eigenvalue weighted by molar-refractivity contribution is 5.97. The summed E-state index contributed by atoms with van der Waals surface area (Å²) in [7, 11) is 0. The lowest BCUT2D eigenvalue weighted by Gasteiger charge is -2.38. The number of nitrogens with one attached hydrogen (secondary N) is 1. The van der Waals surface area contributed by atoms with E-state index in [1.807, 2.05) is 0 Å². The average Bonchev–Trinajstić information content (AvgIpc) is 3.05. The Labute approximate surface area is 141 Å². The van der Waals surface area contributed by atoms with Crippen LogP contribution in [0.5, 0.6) is 5.75 Å². The Balaban J connectivity index is 1.54. The number of amides is 1. The highest BCUT2D eigenvalue weighted by Crippen LogP contribution is 2.22. The molecule has 5 nitrogen and oxygen atoms in total. The molecule has 2 fully saturated rings. The molecule has 1 aromatic rings. The van der Waals surface area contributed by atoms with Gasteiger partial charge in [-0.2, -0.15) is 0 Å². The normalized spacial score (nSPS) is 28.0. The van der Waals surface area contributed by atoms with Gasteiger partial charge in [0.2, 0.25) is 0 Å². The molecule has 3 atom stereocenters. The fraction of sp³-hybridized carbons (Fsp3) is 0.611. The Morgan fingerprint density at radius 1 is 1.46 bits per heavy atom. The Morgan fingerprint density at radius 2 is 2.29 bits per heavy atom. The minimum atomic E-state index is -0.530. The third kappa shape index (κ3) is 4.05. The monoisotopic (exact) mass is 336 g/mol. The van der Waals surface area contributed by atoms with Crippen LogP contribution in [-0.4, -0.2) is 54.3 Å². The van der Waals surface area contributed by atoms with Crippen molar-refractivity contribution in [3.8, 4) is 5.75 Å². The van der Waals surface area contributed by atoms with E-state index in [-0.39, 0.29) is 17.4 Å². The molecule has 132 valence electrons. The van der Waals surface area contributed by atoms with Crippen molar-refractivity contribution < 1.29 is 19.0 Å². The number of aromatic hydroxyl groups is 1. The molecule has 2 heterocycles. The van der Waals surface area contributed by atoms with E-state index < -0.39 is 11.7 Å². The van der Waals surface area contributed by atoms with Crippen LogP contribution in [0.2, 0.25) is 0 Å². The number of hydrogen-bond donors (Lipinski definition) is 2. The lowest BCUT2D eigenvalue weighted by molar-refractivity contribution is 0.0498. The highest BCUT2D eigenvalue weighted by atomic mass is 19.1. The maximum absolute atomic E-state index is 13.3. The molecule has 1 aromatic carbocycles. The molecule has 0 aromatic heterocycles. The maximum Gasteiger partial charge on any atom is 0.255 e. The molecule has 2 saturated heterocycles. The van der Waals surface area contributed by atoms with Crippen LogP contribution >= 0.6 is 0 Å². The summed E-state index contributed by atoms with van der Waals surface area (Å²) in [5.41, 5.74) is -0.0102. The van der Waals surface area contributed by atoms with Crippen LogP contribution < -0.4 is 5.32 Å². The largest absolute Gasteiger partial charge is 0.507 e. The number of phenolic OH excluding ortho intramolecular Hbond substituents is 1. The number of halogens is 1. The van der Waals surface area contributed by atoms with E-state index in [1.165, 1.54) is 6.07 Å². The van der Waals surface area contributed by atoms with Crippen LogP contribution in [0, 0.1) is 11.7 Å². The first-order valence-corrected chi connectivity index (χ1v) is 8.66. The van der Waals surface area contributed by atoms with Crippen molar-refractivity contribution in [2.45, 2.75) is 38.3 Å². The van der Waals surface area contributed by atoms with Gasteiger partial charge in [-0.25, -0.2) is 4.39 Å². The van der Waals surface area contributed by atoms with Gasteiger partial charge in [0.05, 0.1) is 11.7 Å². The zero-order chi connectivity index (χ0) is 17.1. The van der Waals surface area contributed by atoms with Gasteiger partial charge in [0.25, 0.3) is 5.91 Å². The fourth-order valence-corrected chi connectivity index (χ4v) is 3.62. The van der Waals surface area contributed by atoms with Gasteiger partial charge in [-0.3, -0.25) is 4.79 Å². The van der Waals surface area contributed by atoms with Gasteiger partial charge < -0.3 is 20.1 Å². The average molecular weight is 336 g/mol. The van der Waals surface area contributed by atoms with E-state index in [4.69, 9.17) is 4.74 Å². The summed E-state index contributed by atoms with van der Waals surface area (Å²) >= 11 is 0. The lowest BCUT2D eigenvalue weighted by atomic mass is 9.93. The SMILES string of the molecule is C[C@@H]1CN(C[C@H]2CCCO2)CC[C@H]1NC(=O)c1cc(F)ccc1O. The lowest BCUT2D eigenvalue weighted by Crippen LogP contribution is -2.51. The molecule has 0 bridgehead atoms. The Morgan fingerprint density at radius 3 is 3.00 bits per heavy atom. The zero-order valence-electron chi connectivity index (χ0n) is 14.0. The summed E-state index contributed by atoms with van der Waals surface area (Å²) in [5.74, 6) is -0.856. The predicted octanol–water partition coefficient (Wildman–Crippen LogP) is 2.15. The Kier molecular flexibility index (Phi) is 5.36. The number of benzene rings is 1. The minimum Gasteiger partial charge on any atom is -0.507 e. The number of hydrogen-bond acceptors (Lipinski definition) is 4. The molecular weight excluding hydrogens is 311 g/mol. The number of carbonyl (C=O) groups is 1. The van der Waals surface area contributed by atoms with Crippen LogP contribution in [-0.2, 0) is 4.74 Å². The molecule has 0 unspecified atom stereocenters. The number of phenols is 1. The second-order valence-corrected chi connectivity index (χ2v) is 6.90. The van der Waals surface area contributed by atoms with Gasteiger partial charge in [0.1, 0.15) is 11.6 Å². The second-order valence-electron chi connectivity index (χ2n) is 6.90. The summed E-state index contributed by atoms with van der Waals surface area (Å²) in [6.45, 7) is 5.74. The first-order valence-electron chi connectivity index (χ1n) is 8.66. The Hall–Kier alpha value is -1.66. The molecule has 3 rings (SSSR count). The molecule has 6 heteroatoms. The van der Waals surface area contributed by atoms with Crippen molar-refractivity contribution in [2.24, 2.45) is 5.92 Å². The van der Waals surface area contributed by atoms with Gasteiger partial charge in [0.15, 0.2) is 0 Å². The van der Waals surface area contributed by atoms with E-state index in [0.29, 0.717) is 12.0 Å². The van der Waals surface area contributed by atoms with Crippen molar-refractivity contribution in [3.05, 3.63) is 29.6 Å². The molecule has 2 N–H and O–H groups in total. The summed E-state index contributed by atoms with van der Waals surface area (Å²) in [6.07, 6.45) is 3.45. The molecule has 2 aliphatic rings. The van der Waals surface area contributed by atoms with Crippen molar-refractivity contribution in [1.29, 1.82) is 0 Å². The van der Waals surface area contributed by atoms with E-state index in [9.17, 15) is 14.3 Å². The maximum atomic E-state index is 13.3. The molecule has 0 radical (unpaired) electrons. The predicted molar refractivity (Wildman–Crippen MR) is 88.5 cm³/mol. The van der Waals surface area contributed by atoms with E-state index in [2.05, 4.69) is 17.1 Å². The molecular formula is C18H25FN2O3. The van der Waals surface area contributed by atoms with Crippen molar-refractivity contribution in [1.82, 2.24) is 10.2 Å². The fourth-order valence-electron chi connectivity index (χ4n) is 3.62. The van der Waals surface area contributed by atoms with E-state index in [1.54, 1.807) is 0 Å². The molecule has 24 heavy (non-hydrogen) atoms. The second kappa shape index (κ2) is 7.49. The zero-order valence-corrected chi connectivity index (χ0v) is 14.0. The van der Waals surface area contributed by atoms with Crippen molar-refractivity contribution >= 4 is 5.91 Å². The van der Waals surface area contributed by atoms with Crippen LogP contribution in [0.4, 0.5) is 4.39 Å². The molecule has 0 spiro atoms. The standard InChI is InChI=1S/C18H25FN2O3/c1-12-10-21(11-14-3-2-8-24-14)7-6-16(12)20-18(23)15-9-13(19)4-5-17(15)22/h4-5,9,12,14,16,22H,2-3,6-8,10-11H2,1H3,(H,20,23)/t12-,14-,16-/m1/s1. The molecule has 2 aliphatic heterocycles. The number of likely N-dealkylation sites (tertiary alicyclic amines) is 1. The van der Waals surface area contributed by atoms with Gasteiger partial charge >= 0.3 is 0 Å². The van der Waals surface area contributed by atoms with Crippen LogP contribution in [0.1, 0.15) is 36.5 Å². The topological polar surface area (TPSA) is 61.8 Å². The van der Waals surface area contributed by atoms with E-state index in [0.717, 1.165) is 57.6 Å². The third-order valence-corrected chi connectivity index (χ3v) is 4.99. The van der Waals surface area contributed by atoms with Gasteiger partial charge in [-0.1, -0.05) is 6.92 Å². The summed E-state index contributed by atoms with van der Waals surface area (Å²) < 4.78 is 19.0. The first-order chi connectivity index (χ1) is 11.5. The van der Waals surface area contributed by atoms with Crippen LogP contribution in [0.15, 0.2) is 18.2 Å². The van der Waals surface area contributed by atoms with Crippen LogP contribution in [0.3, 0.4) is 0 Å². The smallest absolute Gasteiger partial charge is 0.255 e. The Bertz CT molecular complexity index is 590. The van der Waals surface area contributed by atoms with Gasteiger partial charge in [-0.15, -0.1) is 0 Å². The van der Waals surface area contributed by atoms with Crippen molar-refractivity contribution in [2.75, 3.05) is 26.2 Å². The number of carbonyl (C=O) groups excluding carboxylic acids is 1. The summed E-state index contributed by atoms with van der Waals surface area (Å²) in [4.78, 5) is 14.7. The number of ether oxygens (including phenoxy) is 1. The number of rotatable bonds is 4. The highest BCUT2D eigenvalue weighted by Gasteiger charge is 2.30. The summed E-state index contributed by atoms with van der Waals surface area (Å²) in [6, 6.07) is 3.44. The molecule has 0 saturated carbocycles. The minimum absolute atomic E-state index is 0.0102. The van der Waals surface area contributed by atoms with Crippen molar-refractivity contribution in [3.63, 3.8) is 0 Å². The number of piperidine rings is 1. The van der Waals surface area contributed by atoms with Gasteiger partial charge in [-0.05, 0) is 43.4 Å². The molecule has 1 amide bonds. The number of nitrogens with zero attached hydrogens (tertiary/aromatic N) is 1. The third-order valence-electron chi connectivity index (χ3n) is 4.99. The molecule has 0 aliphatic carbocycles. The van der Waals surface area contributed by atoms with Crippen LogP contribution in [0.25, 0.3) is 0 Å².